The van der Waals surface area contributed by atoms with Crippen LogP contribution in [0, 0.1) is 0 Å². The van der Waals surface area contributed by atoms with Crippen LogP contribution in [0.4, 0.5) is 0 Å². The number of hydrogen-bond acceptors (Lipinski definition) is 3. The average molecular weight is 253 g/mol. The van der Waals surface area contributed by atoms with Gasteiger partial charge >= 0.3 is 0 Å². The summed E-state index contributed by atoms with van der Waals surface area (Å²) in [5.41, 5.74) is 0.880. The Morgan fingerprint density at radius 3 is 2.94 bits per heavy atom. The number of ether oxygens (including phenoxy) is 1. The zero-order valence-corrected chi connectivity index (χ0v) is 10.5. The smallest absolute Gasteiger partial charge is 0.262 e. The third kappa shape index (κ3) is 2.00. The quantitative estimate of drug-likeness (QED) is 0.788. The monoisotopic (exact) mass is 252 g/mol. The molecule has 2 aromatic heterocycles. The van der Waals surface area contributed by atoms with Crippen LogP contribution in [0.25, 0.3) is 5.65 Å². The highest BCUT2D eigenvalue weighted by molar-refractivity contribution is 6.30. The van der Waals surface area contributed by atoms with E-state index in [0.29, 0.717) is 23.4 Å². The van der Waals surface area contributed by atoms with Gasteiger partial charge in [-0.05, 0) is 18.6 Å². The number of fused-ring (bicyclic) bond motifs is 1. The predicted molar refractivity (Wildman–Crippen MR) is 67.0 cm³/mol. The Morgan fingerprint density at radius 2 is 2.29 bits per heavy atom. The van der Waals surface area contributed by atoms with Crippen LogP contribution in [0.3, 0.4) is 0 Å². The zero-order chi connectivity index (χ0) is 12.4. The minimum absolute atomic E-state index is 0.124. The van der Waals surface area contributed by atoms with Gasteiger partial charge in [0.05, 0.1) is 12.7 Å². The van der Waals surface area contributed by atoms with Crippen molar-refractivity contribution < 1.29 is 4.74 Å². The molecule has 2 heterocycles. The van der Waals surface area contributed by atoms with Gasteiger partial charge in [-0.15, -0.1) is 0 Å². The number of pyridine rings is 1. The highest BCUT2D eigenvalue weighted by Crippen LogP contribution is 2.19. The Balaban J connectivity index is 2.81. The van der Waals surface area contributed by atoms with Crippen molar-refractivity contribution in [1.82, 2.24) is 9.38 Å². The van der Waals surface area contributed by atoms with Crippen molar-refractivity contribution >= 4 is 17.2 Å². The molecule has 2 aromatic rings. The van der Waals surface area contributed by atoms with E-state index in [1.54, 1.807) is 18.3 Å². The van der Waals surface area contributed by atoms with Crippen LogP contribution in [0.1, 0.15) is 18.9 Å². The van der Waals surface area contributed by atoms with E-state index in [1.165, 1.54) is 11.5 Å². The lowest BCUT2D eigenvalue weighted by atomic mass is 10.2. The summed E-state index contributed by atoms with van der Waals surface area (Å²) >= 11 is 6.04. The number of nitrogens with zero attached hydrogens (tertiary/aromatic N) is 2. The van der Waals surface area contributed by atoms with E-state index in [9.17, 15) is 4.79 Å². The number of hydrogen-bond donors (Lipinski definition) is 0. The molecule has 0 bridgehead atoms. The Hall–Kier alpha value is -1.55. The predicted octanol–water partition coefficient (Wildman–Crippen LogP) is 2.31. The highest BCUT2D eigenvalue weighted by Gasteiger charge is 2.12. The molecule has 0 radical (unpaired) electrons. The van der Waals surface area contributed by atoms with E-state index in [4.69, 9.17) is 16.3 Å². The molecule has 17 heavy (non-hydrogen) atoms. The van der Waals surface area contributed by atoms with Crippen molar-refractivity contribution in [3.8, 4) is 5.75 Å². The lowest BCUT2D eigenvalue weighted by Gasteiger charge is -2.08. The molecule has 2 rings (SSSR count). The van der Waals surface area contributed by atoms with Crippen molar-refractivity contribution in [2.75, 3.05) is 7.11 Å². The second-order valence-corrected chi connectivity index (χ2v) is 4.06. The van der Waals surface area contributed by atoms with Crippen molar-refractivity contribution in [1.29, 1.82) is 0 Å². The summed E-state index contributed by atoms with van der Waals surface area (Å²) in [4.78, 5) is 16.4. The van der Waals surface area contributed by atoms with Crippen molar-refractivity contribution in [2.24, 2.45) is 0 Å². The summed E-state index contributed by atoms with van der Waals surface area (Å²) in [5.74, 6) is 0.537. The standard InChI is InChI=1S/C12H13ClN2O2/c1-3-5-8-10(13)14-11-9(17-2)6-4-7-15(11)12(8)16/h4,6-7H,3,5H2,1-2H3. The molecule has 0 N–H and O–H groups in total. The summed E-state index contributed by atoms with van der Waals surface area (Å²) in [5, 5.41) is 0.265. The first-order valence-corrected chi connectivity index (χ1v) is 5.80. The SMILES string of the molecule is CCCc1c(Cl)nc2c(OC)cccn2c1=O. The summed E-state index contributed by atoms with van der Waals surface area (Å²) in [6, 6.07) is 3.50. The van der Waals surface area contributed by atoms with Crippen molar-refractivity contribution in [3.63, 3.8) is 0 Å². The molecule has 0 unspecified atom stereocenters. The normalized spacial score (nSPS) is 10.8. The van der Waals surface area contributed by atoms with Crippen LogP contribution >= 0.6 is 11.6 Å². The lowest BCUT2D eigenvalue weighted by Crippen LogP contribution is -2.20. The maximum Gasteiger partial charge on any atom is 0.262 e. The maximum absolute atomic E-state index is 12.2. The average Bonchev–Trinajstić information content (AvgIpc) is 2.34. The van der Waals surface area contributed by atoms with Gasteiger partial charge in [0.15, 0.2) is 11.4 Å². The van der Waals surface area contributed by atoms with Crippen LogP contribution in [0.15, 0.2) is 23.1 Å². The first-order valence-electron chi connectivity index (χ1n) is 5.42. The van der Waals surface area contributed by atoms with E-state index in [0.717, 1.165) is 6.42 Å². The second kappa shape index (κ2) is 4.75. The summed E-state index contributed by atoms with van der Waals surface area (Å²) in [7, 11) is 1.54. The molecule has 0 saturated carbocycles. The Bertz CT molecular complexity index is 607. The van der Waals surface area contributed by atoms with E-state index in [1.807, 2.05) is 6.92 Å². The van der Waals surface area contributed by atoms with Crippen LogP contribution in [-0.2, 0) is 6.42 Å². The number of halogens is 1. The summed E-state index contributed by atoms with van der Waals surface area (Å²) in [6.07, 6.45) is 3.15. The molecule has 0 aliphatic heterocycles. The van der Waals surface area contributed by atoms with Crippen molar-refractivity contribution in [3.05, 3.63) is 39.4 Å². The minimum Gasteiger partial charge on any atom is -0.493 e. The number of rotatable bonds is 3. The maximum atomic E-state index is 12.2. The summed E-state index contributed by atoms with van der Waals surface area (Å²) < 4.78 is 6.62. The molecular weight excluding hydrogens is 240 g/mol. The van der Waals surface area contributed by atoms with Gasteiger partial charge in [0.25, 0.3) is 5.56 Å². The van der Waals surface area contributed by atoms with Crippen LogP contribution in [0.2, 0.25) is 5.15 Å². The second-order valence-electron chi connectivity index (χ2n) is 3.71. The van der Waals surface area contributed by atoms with Gasteiger partial charge in [0.2, 0.25) is 0 Å². The molecule has 0 spiro atoms. The first kappa shape index (κ1) is 11.9. The molecule has 0 amide bonds. The fraction of sp³-hybridized carbons (Fsp3) is 0.333. The molecule has 5 heteroatoms. The molecular formula is C12H13ClN2O2. The van der Waals surface area contributed by atoms with Gasteiger partial charge in [-0.1, -0.05) is 24.9 Å². The lowest BCUT2D eigenvalue weighted by molar-refractivity contribution is 0.416. The Morgan fingerprint density at radius 1 is 1.53 bits per heavy atom. The number of methoxy groups -OCH3 is 1. The minimum atomic E-state index is -0.124. The molecule has 90 valence electrons. The van der Waals surface area contributed by atoms with Crippen LogP contribution in [-0.4, -0.2) is 16.5 Å². The first-order chi connectivity index (χ1) is 8.19. The molecule has 0 fully saturated rings. The largest absolute Gasteiger partial charge is 0.493 e. The summed E-state index contributed by atoms with van der Waals surface area (Å²) in [6.45, 7) is 2.00. The molecule has 0 aliphatic rings. The zero-order valence-electron chi connectivity index (χ0n) is 9.74. The molecule has 0 saturated heterocycles. The fourth-order valence-electron chi connectivity index (χ4n) is 1.77. The third-order valence-electron chi connectivity index (χ3n) is 2.58. The van der Waals surface area contributed by atoms with Gasteiger partial charge in [0, 0.05) is 6.20 Å². The van der Waals surface area contributed by atoms with Crippen LogP contribution < -0.4 is 10.3 Å². The van der Waals surface area contributed by atoms with Gasteiger partial charge in [-0.2, -0.15) is 0 Å². The number of aromatic nitrogens is 2. The van der Waals surface area contributed by atoms with E-state index in [-0.39, 0.29) is 10.7 Å². The van der Waals surface area contributed by atoms with Gasteiger partial charge in [-0.3, -0.25) is 9.20 Å². The van der Waals surface area contributed by atoms with Gasteiger partial charge < -0.3 is 4.74 Å². The Kier molecular flexibility index (Phi) is 3.33. The van der Waals surface area contributed by atoms with E-state index < -0.39 is 0 Å². The topological polar surface area (TPSA) is 43.6 Å². The van der Waals surface area contributed by atoms with Crippen molar-refractivity contribution in [2.45, 2.75) is 19.8 Å². The van der Waals surface area contributed by atoms with Crippen LogP contribution in [0.5, 0.6) is 5.75 Å². The molecule has 0 aliphatic carbocycles. The van der Waals surface area contributed by atoms with E-state index >= 15 is 0 Å². The van der Waals surface area contributed by atoms with Gasteiger partial charge in [0.1, 0.15) is 5.15 Å². The fourth-order valence-corrected chi connectivity index (χ4v) is 2.02. The highest BCUT2D eigenvalue weighted by atomic mass is 35.5. The third-order valence-corrected chi connectivity index (χ3v) is 2.89. The molecule has 0 atom stereocenters. The molecule has 0 aromatic carbocycles. The Labute approximate surface area is 104 Å². The van der Waals surface area contributed by atoms with Gasteiger partial charge in [-0.25, -0.2) is 4.98 Å². The van der Waals surface area contributed by atoms with E-state index in [2.05, 4.69) is 4.98 Å². The molecule has 4 nitrogen and oxygen atoms in total.